The number of benzene rings is 1. The Kier molecular flexibility index (Phi) is 6.65. The maximum Gasteiger partial charge on any atom is 0.323 e. The molecule has 2 atom stereocenters. The minimum absolute atomic E-state index is 0.0336. The molecule has 1 aliphatic heterocycles. The first-order valence-electron chi connectivity index (χ1n) is 10.7. The average molecular weight is 484 g/mol. The lowest BCUT2D eigenvalue weighted by Crippen LogP contribution is -2.45. The molecule has 1 fully saturated rings. The molecule has 176 valence electrons. The van der Waals surface area contributed by atoms with Crippen LogP contribution in [0.4, 0.5) is 20.7 Å². The molecule has 1 saturated heterocycles. The van der Waals surface area contributed by atoms with Crippen molar-refractivity contribution in [3.05, 3.63) is 81.6 Å². The molecule has 3 heterocycles. The van der Waals surface area contributed by atoms with Crippen LogP contribution in [0.5, 0.6) is 0 Å². The number of amides is 3. The van der Waals surface area contributed by atoms with Gasteiger partial charge in [-0.3, -0.25) is 19.5 Å². The molecule has 4 rings (SSSR count). The van der Waals surface area contributed by atoms with E-state index < -0.39 is 23.8 Å². The molecule has 0 aliphatic carbocycles. The standard InChI is InChI=1S/C24H23ClFN5O3/c1-14-10-20(31(13-14)24(34)29-21-8-5-16(25)12-27-21)22(32)28-19-7-6-17(11-18(19)26)30-9-3-4-15(2)23(30)33/h3-9,11-12,14,20H,10,13H2,1-2H3,(H,28,32)(H,27,29,34). The van der Waals surface area contributed by atoms with Gasteiger partial charge >= 0.3 is 6.03 Å². The fourth-order valence-electron chi connectivity index (χ4n) is 3.93. The number of anilines is 2. The van der Waals surface area contributed by atoms with Gasteiger partial charge in [-0.25, -0.2) is 14.2 Å². The molecule has 0 spiro atoms. The van der Waals surface area contributed by atoms with Crippen molar-refractivity contribution in [2.45, 2.75) is 26.3 Å². The third kappa shape index (κ3) is 4.94. The lowest BCUT2D eigenvalue weighted by Gasteiger charge is -2.24. The summed E-state index contributed by atoms with van der Waals surface area (Å²) in [6.07, 6.45) is 3.39. The Morgan fingerprint density at radius 3 is 2.68 bits per heavy atom. The van der Waals surface area contributed by atoms with E-state index in [0.717, 1.165) is 0 Å². The topological polar surface area (TPSA) is 96.3 Å². The van der Waals surface area contributed by atoms with E-state index in [1.54, 1.807) is 43.5 Å². The number of hydrogen-bond donors (Lipinski definition) is 2. The van der Waals surface area contributed by atoms with E-state index in [0.29, 0.717) is 35.1 Å². The van der Waals surface area contributed by atoms with E-state index in [4.69, 9.17) is 11.6 Å². The maximum absolute atomic E-state index is 14.8. The quantitative estimate of drug-likeness (QED) is 0.581. The highest BCUT2D eigenvalue weighted by atomic mass is 35.5. The highest BCUT2D eigenvalue weighted by molar-refractivity contribution is 6.30. The first-order chi connectivity index (χ1) is 16.2. The molecule has 0 saturated carbocycles. The summed E-state index contributed by atoms with van der Waals surface area (Å²) in [5, 5.41) is 5.67. The van der Waals surface area contributed by atoms with Gasteiger partial charge in [-0.05, 0) is 49.6 Å². The molecule has 34 heavy (non-hydrogen) atoms. The molecule has 0 bridgehead atoms. The smallest absolute Gasteiger partial charge is 0.322 e. The van der Waals surface area contributed by atoms with E-state index in [1.165, 1.54) is 27.8 Å². The van der Waals surface area contributed by atoms with E-state index >= 15 is 0 Å². The van der Waals surface area contributed by atoms with Crippen LogP contribution in [0.2, 0.25) is 5.02 Å². The summed E-state index contributed by atoms with van der Waals surface area (Å²) in [5.74, 6) is -0.796. The number of pyridine rings is 2. The Morgan fingerprint density at radius 2 is 1.97 bits per heavy atom. The Bertz CT molecular complexity index is 1290. The highest BCUT2D eigenvalue weighted by Crippen LogP contribution is 2.26. The highest BCUT2D eigenvalue weighted by Gasteiger charge is 2.38. The molecular formula is C24H23ClFN5O3. The van der Waals surface area contributed by atoms with Crippen molar-refractivity contribution >= 4 is 35.0 Å². The zero-order chi connectivity index (χ0) is 24.4. The van der Waals surface area contributed by atoms with Crippen LogP contribution in [0.25, 0.3) is 5.69 Å². The van der Waals surface area contributed by atoms with Crippen LogP contribution in [0, 0.1) is 18.7 Å². The van der Waals surface area contributed by atoms with Gasteiger partial charge in [0.2, 0.25) is 5.91 Å². The van der Waals surface area contributed by atoms with Crippen molar-refractivity contribution in [3.8, 4) is 5.69 Å². The molecule has 2 aromatic heterocycles. The van der Waals surface area contributed by atoms with Gasteiger partial charge in [-0.1, -0.05) is 24.6 Å². The number of aromatic nitrogens is 2. The zero-order valence-corrected chi connectivity index (χ0v) is 19.3. The molecule has 0 radical (unpaired) electrons. The predicted molar refractivity (Wildman–Crippen MR) is 128 cm³/mol. The summed E-state index contributed by atoms with van der Waals surface area (Å²) in [6, 6.07) is 9.41. The van der Waals surface area contributed by atoms with Crippen molar-refractivity contribution in [2.24, 2.45) is 5.92 Å². The third-order valence-electron chi connectivity index (χ3n) is 5.66. The first kappa shape index (κ1) is 23.4. The van der Waals surface area contributed by atoms with Gasteiger partial charge in [-0.2, -0.15) is 0 Å². The van der Waals surface area contributed by atoms with Gasteiger partial charge in [0.25, 0.3) is 5.56 Å². The van der Waals surface area contributed by atoms with Crippen molar-refractivity contribution in [3.63, 3.8) is 0 Å². The van der Waals surface area contributed by atoms with E-state index in [2.05, 4.69) is 15.6 Å². The summed E-state index contributed by atoms with van der Waals surface area (Å²) in [7, 11) is 0. The van der Waals surface area contributed by atoms with Crippen LogP contribution in [0.1, 0.15) is 18.9 Å². The third-order valence-corrected chi connectivity index (χ3v) is 5.89. The Morgan fingerprint density at radius 1 is 1.18 bits per heavy atom. The maximum atomic E-state index is 14.8. The van der Waals surface area contributed by atoms with Crippen LogP contribution >= 0.6 is 11.6 Å². The molecule has 2 N–H and O–H groups in total. The molecule has 1 aromatic carbocycles. The summed E-state index contributed by atoms with van der Waals surface area (Å²) >= 11 is 5.82. The number of hydrogen-bond acceptors (Lipinski definition) is 4. The Balaban J connectivity index is 1.49. The molecule has 2 unspecified atom stereocenters. The van der Waals surface area contributed by atoms with Crippen molar-refractivity contribution in [1.82, 2.24) is 14.5 Å². The number of nitrogens with one attached hydrogen (secondary N) is 2. The first-order valence-corrected chi connectivity index (χ1v) is 11.1. The second-order valence-corrected chi connectivity index (χ2v) is 8.76. The molecule has 3 amide bonds. The summed E-state index contributed by atoms with van der Waals surface area (Å²) in [5.41, 5.74) is 0.585. The predicted octanol–water partition coefficient (Wildman–Crippen LogP) is 4.21. The molecule has 10 heteroatoms. The summed E-state index contributed by atoms with van der Waals surface area (Å²) in [6.45, 7) is 3.98. The molecular weight excluding hydrogens is 461 g/mol. The van der Waals surface area contributed by atoms with Gasteiger partial charge in [0.05, 0.1) is 16.4 Å². The van der Waals surface area contributed by atoms with Gasteiger partial charge in [0.1, 0.15) is 17.7 Å². The van der Waals surface area contributed by atoms with Gasteiger partial charge < -0.3 is 10.2 Å². The number of urea groups is 1. The second-order valence-electron chi connectivity index (χ2n) is 8.32. The number of aryl methyl sites for hydroxylation is 1. The van der Waals surface area contributed by atoms with Crippen LogP contribution < -0.4 is 16.2 Å². The van der Waals surface area contributed by atoms with Gasteiger partial charge in [0, 0.05) is 30.6 Å². The van der Waals surface area contributed by atoms with Crippen LogP contribution in [-0.4, -0.2) is 39.0 Å². The number of carbonyl (C=O) groups excluding carboxylic acids is 2. The van der Waals surface area contributed by atoms with E-state index in [1.807, 2.05) is 6.92 Å². The fourth-order valence-corrected chi connectivity index (χ4v) is 4.04. The Labute approximate surface area is 200 Å². The molecule has 8 nitrogen and oxygen atoms in total. The minimum atomic E-state index is -0.777. The van der Waals surface area contributed by atoms with Crippen LogP contribution in [-0.2, 0) is 4.79 Å². The number of halogens is 2. The SMILES string of the molecule is Cc1cccn(-c2ccc(NC(=O)C3CC(C)CN3C(=O)Nc3ccc(Cl)cn3)c(F)c2)c1=O. The largest absolute Gasteiger partial charge is 0.323 e. The zero-order valence-electron chi connectivity index (χ0n) is 18.6. The Hall–Kier alpha value is -3.72. The van der Waals surface area contributed by atoms with Gasteiger partial charge in [0.15, 0.2) is 0 Å². The number of rotatable bonds is 4. The minimum Gasteiger partial charge on any atom is -0.322 e. The second kappa shape index (κ2) is 9.64. The van der Waals surface area contributed by atoms with Crippen molar-refractivity contribution in [1.29, 1.82) is 0 Å². The average Bonchev–Trinajstić information content (AvgIpc) is 3.20. The normalized spacial score (nSPS) is 17.5. The van der Waals surface area contributed by atoms with Crippen molar-refractivity contribution < 1.29 is 14.0 Å². The fraction of sp³-hybridized carbons (Fsp3) is 0.250. The summed E-state index contributed by atoms with van der Waals surface area (Å²) in [4.78, 5) is 43.5. The van der Waals surface area contributed by atoms with Crippen molar-refractivity contribution in [2.75, 3.05) is 17.2 Å². The molecule has 1 aliphatic rings. The molecule has 3 aromatic rings. The summed E-state index contributed by atoms with van der Waals surface area (Å²) < 4.78 is 16.2. The van der Waals surface area contributed by atoms with Crippen LogP contribution in [0.3, 0.4) is 0 Å². The van der Waals surface area contributed by atoms with Gasteiger partial charge in [-0.15, -0.1) is 0 Å². The van der Waals surface area contributed by atoms with E-state index in [9.17, 15) is 18.8 Å². The number of nitrogens with zero attached hydrogens (tertiary/aromatic N) is 3. The number of likely N-dealkylation sites (tertiary alicyclic amines) is 1. The lowest BCUT2D eigenvalue weighted by molar-refractivity contribution is -0.119. The van der Waals surface area contributed by atoms with E-state index in [-0.39, 0.29) is 17.2 Å². The number of carbonyl (C=O) groups is 2. The lowest BCUT2D eigenvalue weighted by atomic mass is 10.1. The monoisotopic (exact) mass is 483 g/mol. The van der Waals surface area contributed by atoms with Crippen LogP contribution in [0.15, 0.2) is 59.7 Å².